The van der Waals surface area contributed by atoms with Crippen LogP contribution in [0.1, 0.15) is 46.7 Å². The number of nitrogens with zero attached hydrogens (tertiary/aromatic N) is 2. The number of nitrogens with one attached hydrogen (secondary N) is 2. The van der Waals surface area contributed by atoms with E-state index < -0.39 is 24.2 Å². The van der Waals surface area contributed by atoms with E-state index in [2.05, 4.69) is 15.7 Å². The summed E-state index contributed by atoms with van der Waals surface area (Å²) < 4.78 is 47.1. The van der Waals surface area contributed by atoms with Crippen molar-refractivity contribution in [3.63, 3.8) is 0 Å². The average molecular weight is 400 g/mol. The molecular weight excluding hydrogens is 381 g/mol. The summed E-state index contributed by atoms with van der Waals surface area (Å²) in [6.45, 7) is 0.996. The molecule has 0 aliphatic carbocycles. The molecule has 2 aliphatic heterocycles. The lowest BCUT2D eigenvalue weighted by Crippen LogP contribution is -2.35. The van der Waals surface area contributed by atoms with Crippen LogP contribution in [0.2, 0.25) is 0 Å². The Kier molecular flexibility index (Phi) is 4.85. The molecule has 0 aromatic carbocycles. The van der Waals surface area contributed by atoms with Crippen molar-refractivity contribution in [1.29, 1.82) is 0 Å². The van der Waals surface area contributed by atoms with Gasteiger partial charge in [0.05, 0.1) is 12.1 Å². The van der Waals surface area contributed by atoms with E-state index >= 15 is 0 Å². The molecule has 0 bridgehead atoms. The number of ether oxygens (including phenoxy) is 1. The zero-order valence-electron chi connectivity index (χ0n) is 14.3. The van der Waals surface area contributed by atoms with Crippen LogP contribution in [0, 0.1) is 0 Å². The molecular formula is C17H19F3N4O2S. The third kappa shape index (κ3) is 3.81. The summed E-state index contributed by atoms with van der Waals surface area (Å²) in [5.41, 5.74) is -0.0309. The number of hydrogen-bond donors (Lipinski definition) is 2. The van der Waals surface area contributed by atoms with Crippen LogP contribution in [0.4, 0.5) is 19.0 Å². The Hall–Kier alpha value is -2.07. The molecule has 4 rings (SSSR count). The zero-order chi connectivity index (χ0) is 19.0. The van der Waals surface area contributed by atoms with E-state index in [1.165, 1.54) is 17.4 Å². The molecule has 1 amide bonds. The first-order chi connectivity index (χ1) is 12.9. The summed E-state index contributed by atoms with van der Waals surface area (Å²) >= 11 is 1.40. The molecule has 3 atom stereocenters. The van der Waals surface area contributed by atoms with Gasteiger partial charge in [-0.05, 0) is 24.3 Å². The van der Waals surface area contributed by atoms with Crippen molar-refractivity contribution >= 4 is 23.1 Å². The fourth-order valence-electron chi connectivity index (χ4n) is 3.46. The average Bonchev–Trinajstić information content (AvgIpc) is 3.38. The first-order valence-corrected chi connectivity index (χ1v) is 9.66. The largest absolute Gasteiger partial charge is 0.410 e. The predicted octanol–water partition coefficient (Wildman–Crippen LogP) is 3.51. The van der Waals surface area contributed by atoms with Gasteiger partial charge in [0.15, 0.2) is 11.7 Å². The predicted molar refractivity (Wildman–Crippen MR) is 93.9 cm³/mol. The number of alkyl halides is 3. The molecule has 2 aromatic heterocycles. The number of fused-ring (bicyclic) bond motifs is 1. The molecule has 4 heterocycles. The Morgan fingerprint density at radius 2 is 2.33 bits per heavy atom. The Morgan fingerprint density at radius 3 is 3.00 bits per heavy atom. The van der Waals surface area contributed by atoms with Gasteiger partial charge < -0.3 is 15.4 Å². The van der Waals surface area contributed by atoms with Crippen molar-refractivity contribution in [2.24, 2.45) is 0 Å². The van der Waals surface area contributed by atoms with Gasteiger partial charge >= 0.3 is 6.18 Å². The fourth-order valence-corrected chi connectivity index (χ4v) is 4.25. The van der Waals surface area contributed by atoms with Gasteiger partial charge in [-0.2, -0.15) is 18.3 Å². The minimum Gasteiger partial charge on any atom is -0.376 e. The van der Waals surface area contributed by atoms with Crippen molar-refractivity contribution < 1.29 is 22.7 Å². The number of thiophene rings is 1. The highest BCUT2D eigenvalue weighted by atomic mass is 32.1. The van der Waals surface area contributed by atoms with E-state index in [9.17, 15) is 18.0 Å². The van der Waals surface area contributed by atoms with E-state index in [0.29, 0.717) is 13.2 Å². The normalized spacial score (nSPS) is 25.1. The number of aromatic nitrogens is 2. The van der Waals surface area contributed by atoms with Crippen LogP contribution in [0.3, 0.4) is 0 Å². The van der Waals surface area contributed by atoms with Crippen LogP contribution in [0.5, 0.6) is 0 Å². The summed E-state index contributed by atoms with van der Waals surface area (Å²) in [4.78, 5) is 13.2. The monoisotopic (exact) mass is 400 g/mol. The second-order valence-electron chi connectivity index (χ2n) is 6.71. The minimum absolute atomic E-state index is 0.0309. The first-order valence-electron chi connectivity index (χ1n) is 8.78. The standard InChI is InChI=1S/C17H19F3N4O2S/c18-17(19,20)14-7-11(13-4-2-6-27-13)22-15-8-12(23-24(14)15)16(25)21-9-10-3-1-5-26-10/h2,4,6,8,10-11,14,22H,1,3,5,7,9H2,(H,21,25)/t10-,11+,14+/m1/s1. The van der Waals surface area contributed by atoms with Crippen LogP contribution in [-0.2, 0) is 4.74 Å². The lowest BCUT2D eigenvalue weighted by atomic mass is 10.0. The van der Waals surface area contributed by atoms with E-state index in [-0.39, 0.29) is 24.0 Å². The third-order valence-electron chi connectivity index (χ3n) is 4.82. The minimum atomic E-state index is -4.45. The molecule has 6 nitrogen and oxygen atoms in total. The number of carbonyl (C=O) groups is 1. The second kappa shape index (κ2) is 7.16. The van der Waals surface area contributed by atoms with E-state index in [0.717, 1.165) is 22.4 Å². The molecule has 0 radical (unpaired) electrons. The van der Waals surface area contributed by atoms with Crippen LogP contribution in [0.25, 0.3) is 0 Å². The lowest BCUT2D eigenvalue weighted by Gasteiger charge is -2.32. The lowest BCUT2D eigenvalue weighted by molar-refractivity contribution is -0.173. The topological polar surface area (TPSA) is 68.2 Å². The molecule has 0 spiro atoms. The van der Waals surface area contributed by atoms with Crippen LogP contribution < -0.4 is 10.6 Å². The molecule has 27 heavy (non-hydrogen) atoms. The fraction of sp³-hybridized carbons (Fsp3) is 0.529. The Bertz CT molecular complexity index is 800. The summed E-state index contributed by atoms with van der Waals surface area (Å²) in [6.07, 6.45) is -2.87. The Labute approximate surface area is 157 Å². The molecule has 146 valence electrons. The molecule has 2 aromatic rings. The number of amides is 1. The maximum absolute atomic E-state index is 13.6. The maximum atomic E-state index is 13.6. The smallest absolute Gasteiger partial charge is 0.376 e. The van der Waals surface area contributed by atoms with Crippen LogP contribution in [0.15, 0.2) is 23.6 Å². The third-order valence-corrected chi connectivity index (χ3v) is 5.81. The maximum Gasteiger partial charge on any atom is 0.410 e. The Morgan fingerprint density at radius 1 is 1.48 bits per heavy atom. The number of anilines is 1. The SMILES string of the molecule is O=C(NC[C@H]1CCCO1)c1cc2n(n1)[C@H](C(F)(F)F)C[C@@H](c1cccs1)N2. The van der Waals surface area contributed by atoms with Crippen molar-refractivity contribution in [1.82, 2.24) is 15.1 Å². The number of hydrogen-bond acceptors (Lipinski definition) is 5. The summed E-state index contributed by atoms with van der Waals surface area (Å²) in [5.74, 6) is -0.299. The molecule has 0 saturated carbocycles. The molecule has 0 unspecified atom stereocenters. The highest BCUT2D eigenvalue weighted by Gasteiger charge is 2.47. The van der Waals surface area contributed by atoms with Gasteiger partial charge in [-0.1, -0.05) is 6.07 Å². The van der Waals surface area contributed by atoms with Gasteiger partial charge in [0, 0.05) is 30.5 Å². The first kappa shape index (κ1) is 18.3. The van der Waals surface area contributed by atoms with E-state index in [1.807, 2.05) is 5.38 Å². The highest BCUT2D eigenvalue weighted by Crippen LogP contribution is 2.44. The van der Waals surface area contributed by atoms with Crippen molar-refractivity contribution in [2.45, 2.75) is 43.6 Å². The Balaban J connectivity index is 1.55. The van der Waals surface area contributed by atoms with Crippen LogP contribution >= 0.6 is 11.3 Å². The number of carbonyl (C=O) groups excluding carboxylic acids is 1. The van der Waals surface area contributed by atoms with Crippen molar-refractivity contribution in [3.8, 4) is 0 Å². The number of rotatable bonds is 4. The summed E-state index contributed by atoms with van der Waals surface area (Å²) in [5, 5.41) is 11.5. The highest BCUT2D eigenvalue weighted by molar-refractivity contribution is 7.10. The molecule has 2 aliphatic rings. The van der Waals surface area contributed by atoms with Crippen molar-refractivity contribution in [3.05, 3.63) is 34.2 Å². The number of halogens is 3. The molecule has 1 saturated heterocycles. The van der Waals surface area contributed by atoms with Gasteiger partial charge in [0.2, 0.25) is 0 Å². The van der Waals surface area contributed by atoms with Crippen LogP contribution in [-0.4, -0.2) is 41.1 Å². The van der Waals surface area contributed by atoms with Gasteiger partial charge in [0.1, 0.15) is 5.82 Å². The molecule has 1 fully saturated rings. The zero-order valence-corrected chi connectivity index (χ0v) is 15.1. The summed E-state index contributed by atoms with van der Waals surface area (Å²) in [6, 6.07) is 2.74. The molecule has 2 N–H and O–H groups in total. The molecule has 10 heteroatoms. The second-order valence-corrected chi connectivity index (χ2v) is 7.69. The van der Waals surface area contributed by atoms with Gasteiger partial charge in [-0.25, -0.2) is 4.68 Å². The summed E-state index contributed by atoms with van der Waals surface area (Å²) in [7, 11) is 0. The van der Waals surface area contributed by atoms with Gasteiger partial charge in [-0.15, -0.1) is 11.3 Å². The van der Waals surface area contributed by atoms with E-state index in [1.54, 1.807) is 12.1 Å². The van der Waals surface area contributed by atoms with E-state index in [4.69, 9.17) is 4.74 Å². The van der Waals surface area contributed by atoms with Gasteiger partial charge in [-0.3, -0.25) is 4.79 Å². The van der Waals surface area contributed by atoms with Gasteiger partial charge in [0.25, 0.3) is 5.91 Å². The van der Waals surface area contributed by atoms with Crippen molar-refractivity contribution in [2.75, 3.05) is 18.5 Å². The quantitative estimate of drug-likeness (QED) is 0.824.